The van der Waals surface area contributed by atoms with Crippen molar-refractivity contribution in [3.05, 3.63) is 87.6 Å². The second-order valence-corrected chi connectivity index (χ2v) is 8.32. The minimum Gasteiger partial charge on any atom is -0.497 e. The maximum atomic E-state index is 13.6. The number of hydrogen-bond acceptors (Lipinski definition) is 7. The van der Waals surface area contributed by atoms with Gasteiger partial charge in [-0.25, -0.2) is 9.97 Å². The lowest BCUT2D eigenvalue weighted by molar-refractivity contribution is 0.100. The van der Waals surface area contributed by atoms with Crippen LogP contribution in [0.2, 0.25) is 10.0 Å². The highest BCUT2D eigenvalue weighted by molar-refractivity contribution is 6.35. The molecule has 0 N–H and O–H groups in total. The zero-order chi connectivity index (χ0) is 23.8. The first-order valence-electron chi connectivity index (χ1n) is 10.2. The summed E-state index contributed by atoms with van der Waals surface area (Å²) in [6.45, 7) is 2.30. The van der Waals surface area contributed by atoms with Gasteiger partial charge in [-0.3, -0.25) is 4.79 Å². The number of aromatic nitrogens is 5. The topological polar surface area (TPSA) is 95.9 Å². The van der Waals surface area contributed by atoms with Crippen LogP contribution in [0.15, 0.2) is 59.3 Å². The van der Waals surface area contributed by atoms with Gasteiger partial charge in [0.15, 0.2) is 0 Å². The minimum atomic E-state index is -0.411. The van der Waals surface area contributed by atoms with Crippen LogP contribution in [0.1, 0.15) is 27.5 Å². The van der Waals surface area contributed by atoms with Gasteiger partial charge in [-0.15, -0.1) is 10.2 Å². The highest BCUT2D eigenvalue weighted by atomic mass is 35.5. The molecule has 0 bridgehead atoms. The summed E-state index contributed by atoms with van der Waals surface area (Å²) in [5, 5.41) is 9.69. The molecule has 8 nitrogen and oxygen atoms in total. The van der Waals surface area contributed by atoms with Gasteiger partial charge in [0.25, 0.3) is 17.6 Å². The van der Waals surface area contributed by atoms with Gasteiger partial charge < -0.3 is 13.7 Å². The van der Waals surface area contributed by atoms with Crippen LogP contribution >= 0.6 is 23.2 Å². The molecule has 0 fully saturated rings. The Hall–Kier alpha value is -3.75. The highest BCUT2D eigenvalue weighted by Gasteiger charge is 2.26. The zero-order valence-corrected chi connectivity index (χ0v) is 19.6. The fraction of sp³-hybridized carbons (Fsp3) is 0.125. The van der Waals surface area contributed by atoms with E-state index in [1.165, 1.54) is 0 Å². The molecule has 3 heterocycles. The standard InChI is InChI=1S/C24H17Cl2N5O3/c1-13-20(21(32)23-29-30-24(34-23)22-27-8-3-9-28-22)17-11-16(33-2)6-7-19(17)31(13)12-14-4-5-15(25)10-18(14)26/h3-11H,12H2,1-2H3. The van der Waals surface area contributed by atoms with Crippen LogP contribution in [-0.4, -0.2) is 37.6 Å². The average molecular weight is 494 g/mol. The summed E-state index contributed by atoms with van der Waals surface area (Å²) < 4.78 is 13.0. The van der Waals surface area contributed by atoms with Crippen molar-refractivity contribution in [1.29, 1.82) is 0 Å². The Kier molecular flexibility index (Phi) is 5.77. The van der Waals surface area contributed by atoms with E-state index in [1.807, 2.05) is 35.8 Å². The molecule has 0 saturated carbocycles. The number of carbonyl (C=O) groups is 1. The molecule has 0 saturated heterocycles. The molecular weight excluding hydrogens is 477 g/mol. The Bertz CT molecular complexity index is 1530. The molecule has 0 spiro atoms. The van der Waals surface area contributed by atoms with E-state index in [0.717, 1.165) is 16.8 Å². The van der Waals surface area contributed by atoms with Crippen LogP contribution in [0, 0.1) is 6.92 Å². The van der Waals surface area contributed by atoms with E-state index in [2.05, 4.69) is 20.2 Å². The van der Waals surface area contributed by atoms with Crippen molar-refractivity contribution in [3.63, 3.8) is 0 Å². The monoisotopic (exact) mass is 493 g/mol. The quantitative estimate of drug-likeness (QED) is 0.292. The lowest BCUT2D eigenvalue weighted by Crippen LogP contribution is -2.07. The molecular formula is C24H17Cl2N5O3. The van der Waals surface area contributed by atoms with Crippen LogP contribution in [0.25, 0.3) is 22.6 Å². The lowest BCUT2D eigenvalue weighted by Gasteiger charge is -2.11. The predicted molar refractivity (Wildman–Crippen MR) is 128 cm³/mol. The van der Waals surface area contributed by atoms with Crippen LogP contribution in [0.4, 0.5) is 0 Å². The van der Waals surface area contributed by atoms with Gasteiger partial charge in [0, 0.05) is 45.6 Å². The molecule has 0 aliphatic rings. The number of hydrogen-bond donors (Lipinski definition) is 0. The van der Waals surface area contributed by atoms with Gasteiger partial charge in [-0.1, -0.05) is 29.3 Å². The lowest BCUT2D eigenvalue weighted by atomic mass is 10.1. The largest absolute Gasteiger partial charge is 0.497 e. The second kappa shape index (κ2) is 8.89. The summed E-state index contributed by atoms with van der Waals surface area (Å²) >= 11 is 12.5. The Labute approximate surface area is 204 Å². The molecule has 34 heavy (non-hydrogen) atoms. The number of rotatable bonds is 6. The summed E-state index contributed by atoms with van der Waals surface area (Å²) in [6.07, 6.45) is 3.11. The summed E-state index contributed by atoms with van der Waals surface area (Å²) in [7, 11) is 1.57. The van der Waals surface area contributed by atoms with Crippen LogP contribution in [0.5, 0.6) is 5.75 Å². The first kappa shape index (κ1) is 22.1. The van der Waals surface area contributed by atoms with Crippen molar-refractivity contribution in [2.24, 2.45) is 0 Å². The molecule has 10 heteroatoms. The van der Waals surface area contributed by atoms with Gasteiger partial charge in [-0.05, 0) is 48.9 Å². The van der Waals surface area contributed by atoms with Crippen molar-refractivity contribution < 1.29 is 13.9 Å². The first-order valence-corrected chi connectivity index (χ1v) is 11.0. The number of halogens is 2. The Morgan fingerprint density at radius 1 is 1.09 bits per heavy atom. The van der Waals surface area contributed by atoms with Crippen LogP contribution in [-0.2, 0) is 6.54 Å². The fourth-order valence-electron chi connectivity index (χ4n) is 3.82. The van der Waals surface area contributed by atoms with Crippen molar-refractivity contribution in [2.45, 2.75) is 13.5 Å². The molecule has 170 valence electrons. The summed E-state index contributed by atoms with van der Waals surface area (Å²) in [6, 6.07) is 12.6. The van der Waals surface area contributed by atoms with Crippen molar-refractivity contribution in [2.75, 3.05) is 7.11 Å². The van der Waals surface area contributed by atoms with Gasteiger partial charge in [0.1, 0.15) is 5.75 Å². The number of nitrogens with zero attached hydrogens (tertiary/aromatic N) is 5. The maximum absolute atomic E-state index is 13.6. The van der Waals surface area contributed by atoms with Crippen molar-refractivity contribution in [1.82, 2.24) is 24.7 Å². The molecule has 0 aliphatic heterocycles. The first-order chi connectivity index (χ1) is 16.5. The normalized spacial score (nSPS) is 11.2. The van der Waals surface area contributed by atoms with E-state index in [9.17, 15) is 4.79 Å². The fourth-order valence-corrected chi connectivity index (χ4v) is 4.29. The number of ether oxygens (including phenoxy) is 1. The smallest absolute Gasteiger partial charge is 0.289 e. The number of benzene rings is 2. The van der Waals surface area contributed by atoms with E-state index in [0.29, 0.717) is 33.3 Å². The minimum absolute atomic E-state index is 0.0656. The number of fused-ring (bicyclic) bond motifs is 1. The van der Waals surface area contributed by atoms with E-state index < -0.39 is 5.78 Å². The number of methoxy groups -OCH3 is 1. The zero-order valence-electron chi connectivity index (χ0n) is 18.1. The Morgan fingerprint density at radius 2 is 1.88 bits per heavy atom. The number of ketones is 1. The van der Waals surface area contributed by atoms with Gasteiger partial charge in [-0.2, -0.15) is 0 Å². The van der Waals surface area contributed by atoms with Gasteiger partial charge >= 0.3 is 0 Å². The van der Waals surface area contributed by atoms with Crippen molar-refractivity contribution >= 4 is 39.9 Å². The predicted octanol–water partition coefficient (Wildman–Crippen LogP) is 5.38. The Morgan fingerprint density at radius 3 is 2.62 bits per heavy atom. The second-order valence-electron chi connectivity index (χ2n) is 7.48. The van der Waals surface area contributed by atoms with Gasteiger partial charge in [0.05, 0.1) is 12.7 Å². The molecule has 0 radical (unpaired) electrons. The van der Waals surface area contributed by atoms with Crippen molar-refractivity contribution in [3.8, 4) is 17.5 Å². The van der Waals surface area contributed by atoms with E-state index in [-0.39, 0.29) is 17.6 Å². The Balaban J connectivity index is 1.62. The molecule has 0 aliphatic carbocycles. The molecule has 5 rings (SSSR count). The number of carbonyl (C=O) groups excluding carboxylic acids is 1. The molecule has 2 aromatic carbocycles. The molecule has 3 aromatic heterocycles. The van der Waals surface area contributed by atoms with Crippen LogP contribution < -0.4 is 4.74 Å². The molecule has 0 unspecified atom stereocenters. The van der Waals surface area contributed by atoms with Crippen LogP contribution in [0.3, 0.4) is 0 Å². The van der Waals surface area contributed by atoms with Gasteiger partial charge in [0.2, 0.25) is 5.82 Å². The maximum Gasteiger partial charge on any atom is 0.289 e. The molecule has 0 amide bonds. The third-order valence-corrected chi connectivity index (χ3v) is 6.06. The highest BCUT2D eigenvalue weighted by Crippen LogP contribution is 2.33. The van der Waals surface area contributed by atoms with E-state index in [4.69, 9.17) is 32.4 Å². The summed E-state index contributed by atoms with van der Waals surface area (Å²) in [4.78, 5) is 21.7. The third kappa shape index (κ3) is 3.91. The third-order valence-electron chi connectivity index (χ3n) is 5.48. The SMILES string of the molecule is COc1ccc2c(c1)c(C(=O)c1nnc(-c3ncccn3)o1)c(C)n2Cc1ccc(Cl)cc1Cl. The summed E-state index contributed by atoms with van der Waals surface area (Å²) in [5.74, 6) is 0.360. The van der Waals surface area contributed by atoms with E-state index >= 15 is 0 Å². The summed E-state index contributed by atoms with van der Waals surface area (Å²) in [5.41, 5.74) is 2.85. The molecule has 0 atom stereocenters. The van der Waals surface area contributed by atoms with E-state index in [1.54, 1.807) is 37.7 Å². The average Bonchev–Trinajstić information content (AvgIpc) is 3.44. The molecule has 5 aromatic rings.